The van der Waals surface area contributed by atoms with Crippen LogP contribution in [0.2, 0.25) is 0 Å². The van der Waals surface area contributed by atoms with Gasteiger partial charge in [-0.2, -0.15) is 0 Å². The normalized spacial score (nSPS) is 25.0. The van der Waals surface area contributed by atoms with Crippen molar-refractivity contribution in [2.75, 3.05) is 19.3 Å². The number of sulfonamides is 1. The lowest BCUT2D eigenvalue weighted by atomic mass is 9.93. The number of aryl methyl sites for hydroxylation is 2. The molecule has 6 heteroatoms. The number of fused-ring (bicyclic) bond motifs is 1. The minimum Gasteiger partial charge on any atom is -0.388 e. The average molecular weight is 329 g/mol. The monoisotopic (exact) mass is 329 g/mol. The molecule has 1 aliphatic heterocycles. The molecule has 1 N–H and O–H groups in total. The first kappa shape index (κ1) is 15.5. The van der Waals surface area contributed by atoms with Gasteiger partial charge in [0.1, 0.15) is 0 Å². The van der Waals surface area contributed by atoms with Crippen molar-refractivity contribution in [1.29, 1.82) is 0 Å². The quantitative estimate of drug-likeness (QED) is 0.922. The van der Waals surface area contributed by atoms with Gasteiger partial charge in [0.15, 0.2) is 0 Å². The summed E-state index contributed by atoms with van der Waals surface area (Å²) in [5.74, 6) is 0.264. The van der Waals surface area contributed by atoms with E-state index in [0.29, 0.717) is 19.5 Å². The summed E-state index contributed by atoms with van der Waals surface area (Å²) in [4.78, 5) is 2.50. The van der Waals surface area contributed by atoms with Gasteiger partial charge in [-0.15, -0.1) is 11.3 Å². The molecule has 0 saturated carbocycles. The highest BCUT2D eigenvalue weighted by Crippen LogP contribution is 2.37. The Bertz CT molecular complexity index is 587. The van der Waals surface area contributed by atoms with E-state index in [-0.39, 0.29) is 5.92 Å². The van der Waals surface area contributed by atoms with Gasteiger partial charge in [-0.3, -0.25) is 0 Å². The highest BCUT2D eigenvalue weighted by molar-refractivity contribution is 7.88. The SMILES string of the molecule is CS(=O)(=O)N1CCCC(CC(O)c2cc3c(s2)CCC3)C1. The predicted octanol–water partition coefficient (Wildman–Crippen LogP) is 2.33. The van der Waals surface area contributed by atoms with Crippen molar-refractivity contribution < 1.29 is 13.5 Å². The van der Waals surface area contributed by atoms with E-state index >= 15 is 0 Å². The second kappa shape index (κ2) is 5.99. The predicted molar refractivity (Wildman–Crippen MR) is 85.1 cm³/mol. The average Bonchev–Trinajstić information content (AvgIpc) is 2.98. The Morgan fingerprint density at radius 3 is 2.95 bits per heavy atom. The van der Waals surface area contributed by atoms with Crippen molar-refractivity contribution in [3.8, 4) is 0 Å². The lowest BCUT2D eigenvalue weighted by Crippen LogP contribution is -2.39. The standard InChI is InChI=1S/C15H23NO3S2/c1-21(18,19)16-7-3-4-11(10-16)8-13(17)15-9-12-5-2-6-14(12)20-15/h9,11,13,17H,2-8,10H2,1H3. The van der Waals surface area contributed by atoms with Crippen LogP contribution in [0.1, 0.15) is 47.1 Å². The topological polar surface area (TPSA) is 57.6 Å². The summed E-state index contributed by atoms with van der Waals surface area (Å²) >= 11 is 1.74. The molecule has 21 heavy (non-hydrogen) atoms. The number of nitrogens with zero attached hydrogens (tertiary/aromatic N) is 1. The van der Waals surface area contributed by atoms with E-state index in [9.17, 15) is 13.5 Å². The van der Waals surface area contributed by atoms with Crippen LogP contribution in [0.4, 0.5) is 0 Å². The van der Waals surface area contributed by atoms with E-state index < -0.39 is 16.1 Å². The van der Waals surface area contributed by atoms with Gasteiger partial charge in [0.05, 0.1) is 12.4 Å². The van der Waals surface area contributed by atoms with Crippen molar-refractivity contribution >= 4 is 21.4 Å². The Balaban J connectivity index is 1.62. The third-order valence-corrected chi connectivity index (χ3v) is 7.21. The van der Waals surface area contributed by atoms with Gasteiger partial charge < -0.3 is 5.11 Å². The van der Waals surface area contributed by atoms with Crippen molar-refractivity contribution in [3.63, 3.8) is 0 Å². The van der Waals surface area contributed by atoms with Crippen molar-refractivity contribution in [2.45, 2.75) is 44.6 Å². The van der Waals surface area contributed by atoms with Crippen LogP contribution in [-0.2, 0) is 22.9 Å². The van der Waals surface area contributed by atoms with Crippen molar-refractivity contribution in [2.24, 2.45) is 5.92 Å². The molecular formula is C15H23NO3S2. The van der Waals surface area contributed by atoms with E-state index in [4.69, 9.17) is 0 Å². The summed E-state index contributed by atoms with van der Waals surface area (Å²) in [6, 6.07) is 2.16. The van der Waals surface area contributed by atoms with Gasteiger partial charge in [-0.05, 0) is 56.1 Å². The fourth-order valence-electron chi connectivity index (χ4n) is 3.47. The van der Waals surface area contributed by atoms with Crippen LogP contribution >= 0.6 is 11.3 Å². The van der Waals surface area contributed by atoms with Crippen molar-refractivity contribution in [3.05, 3.63) is 21.4 Å². The Hall–Kier alpha value is -0.430. The van der Waals surface area contributed by atoms with Gasteiger partial charge in [0, 0.05) is 22.8 Å². The van der Waals surface area contributed by atoms with E-state index in [1.54, 1.807) is 15.6 Å². The number of piperidine rings is 1. The third-order valence-electron chi connectivity index (χ3n) is 4.60. The first-order valence-electron chi connectivity index (χ1n) is 7.68. The van der Waals surface area contributed by atoms with E-state index in [1.165, 1.54) is 23.1 Å². The van der Waals surface area contributed by atoms with Gasteiger partial charge >= 0.3 is 0 Å². The largest absolute Gasteiger partial charge is 0.388 e. The van der Waals surface area contributed by atoms with Crippen LogP contribution in [-0.4, -0.2) is 37.2 Å². The number of rotatable bonds is 4. The first-order valence-corrected chi connectivity index (χ1v) is 10.3. The van der Waals surface area contributed by atoms with Gasteiger partial charge in [0.25, 0.3) is 0 Å². The summed E-state index contributed by atoms with van der Waals surface area (Å²) < 4.78 is 24.9. The van der Waals surface area contributed by atoms with Crippen molar-refractivity contribution in [1.82, 2.24) is 4.31 Å². The highest BCUT2D eigenvalue weighted by Gasteiger charge is 2.28. The van der Waals surface area contributed by atoms with Crippen LogP contribution in [0.15, 0.2) is 6.07 Å². The fraction of sp³-hybridized carbons (Fsp3) is 0.733. The summed E-state index contributed by atoms with van der Waals surface area (Å²) in [6.07, 6.45) is 6.94. The van der Waals surface area contributed by atoms with Gasteiger partial charge in [0.2, 0.25) is 10.0 Å². The van der Waals surface area contributed by atoms with Crippen LogP contribution < -0.4 is 0 Å². The van der Waals surface area contributed by atoms with Crippen LogP contribution in [0, 0.1) is 5.92 Å². The smallest absolute Gasteiger partial charge is 0.211 e. The summed E-state index contributed by atoms with van der Waals surface area (Å²) in [5.41, 5.74) is 1.41. The molecule has 1 fully saturated rings. The molecule has 1 saturated heterocycles. The zero-order valence-corrected chi connectivity index (χ0v) is 14.0. The van der Waals surface area contributed by atoms with Gasteiger partial charge in [-0.25, -0.2) is 12.7 Å². The summed E-state index contributed by atoms with van der Waals surface area (Å²) in [5, 5.41) is 10.5. The molecule has 0 aromatic carbocycles. The zero-order valence-electron chi connectivity index (χ0n) is 12.4. The molecule has 1 aromatic rings. The maximum atomic E-state index is 11.6. The molecule has 0 radical (unpaired) electrons. The second-order valence-corrected chi connectivity index (χ2v) is 9.48. The maximum absolute atomic E-state index is 11.6. The molecule has 0 spiro atoms. The molecule has 118 valence electrons. The lowest BCUT2D eigenvalue weighted by molar-refractivity contribution is 0.125. The zero-order chi connectivity index (χ0) is 15.0. The second-order valence-electron chi connectivity index (χ2n) is 6.33. The number of aliphatic hydroxyl groups excluding tert-OH is 1. The molecule has 4 nitrogen and oxygen atoms in total. The van der Waals surface area contributed by atoms with Gasteiger partial charge in [-0.1, -0.05) is 0 Å². The van der Waals surface area contributed by atoms with Crippen LogP contribution in [0.5, 0.6) is 0 Å². The number of thiophene rings is 1. The molecule has 1 aliphatic carbocycles. The molecule has 2 aliphatic rings. The van der Waals surface area contributed by atoms with E-state index in [1.807, 2.05) is 0 Å². The molecule has 2 unspecified atom stereocenters. The van der Waals surface area contributed by atoms with Crippen LogP contribution in [0.3, 0.4) is 0 Å². The Kier molecular flexibility index (Phi) is 4.41. The molecule has 0 bridgehead atoms. The Labute approximate surface area is 130 Å². The molecule has 0 amide bonds. The lowest BCUT2D eigenvalue weighted by Gasteiger charge is -2.31. The number of hydrogen-bond donors (Lipinski definition) is 1. The van der Waals surface area contributed by atoms with E-state index in [0.717, 1.165) is 30.6 Å². The molecule has 2 atom stereocenters. The Morgan fingerprint density at radius 1 is 1.43 bits per heavy atom. The molecule has 1 aromatic heterocycles. The molecular weight excluding hydrogens is 306 g/mol. The minimum atomic E-state index is -3.10. The maximum Gasteiger partial charge on any atom is 0.211 e. The fourth-order valence-corrected chi connectivity index (χ4v) is 5.67. The van der Waals surface area contributed by atoms with Crippen LogP contribution in [0.25, 0.3) is 0 Å². The number of aliphatic hydroxyl groups is 1. The summed E-state index contributed by atoms with van der Waals surface area (Å²) in [7, 11) is -3.10. The molecule has 2 heterocycles. The first-order chi connectivity index (χ1) is 9.93. The summed E-state index contributed by atoms with van der Waals surface area (Å²) in [6.45, 7) is 1.18. The molecule has 3 rings (SSSR count). The highest BCUT2D eigenvalue weighted by atomic mass is 32.2. The Morgan fingerprint density at radius 2 is 2.24 bits per heavy atom. The third kappa shape index (κ3) is 3.50. The minimum absolute atomic E-state index is 0.264. The number of hydrogen-bond acceptors (Lipinski definition) is 4. The van der Waals surface area contributed by atoms with E-state index in [2.05, 4.69) is 6.07 Å².